The fourth-order valence-electron chi connectivity index (χ4n) is 5.55. The van der Waals surface area contributed by atoms with E-state index >= 15 is 0 Å². The van der Waals surface area contributed by atoms with Crippen LogP contribution in [0.5, 0.6) is 0 Å². The van der Waals surface area contributed by atoms with Crippen LogP contribution in [0, 0.1) is 0 Å². The van der Waals surface area contributed by atoms with Gasteiger partial charge in [-0.15, -0.1) is 0 Å². The summed E-state index contributed by atoms with van der Waals surface area (Å²) < 4.78 is 11.4. The summed E-state index contributed by atoms with van der Waals surface area (Å²) in [5.41, 5.74) is 2.89. The first-order chi connectivity index (χ1) is 20.6. The molecule has 0 bridgehead atoms. The molecular formula is C36H20N2O4. The molecule has 198 valence electrons. The Morgan fingerprint density at radius 2 is 0.833 bits per heavy atom. The van der Waals surface area contributed by atoms with Crippen molar-refractivity contribution >= 4 is 43.5 Å². The first-order valence-corrected chi connectivity index (χ1v) is 13.5. The lowest BCUT2D eigenvalue weighted by molar-refractivity contribution is 0.563. The van der Waals surface area contributed by atoms with Gasteiger partial charge in [0.25, 0.3) is 0 Å². The lowest BCUT2D eigenvalue weighted by atomic mass is 10.0. The van der Waals surface area contributed by atoms with Crippen LogP contribution in [-0.2, 0) is 0 Å². The summed E-state index contributed by atoms with van der Waals surface area (Å²) in [5.74, 6) is 0. The molecule has 4 aromatic carbocycles. The Bertz CT molecular complexity index is 2300. The van der Waals surface area contributed by atoms with Crippen molar-refractivity contribution in [2.45, 2.75) is 0 Å². The van der Waals surface area contributed by atoms with E-state index in [-0.39, 0.29) is 0 Å². The number of fused-ring (bicyclic) bond motifs is 6. The van der Waals surface area contributed by atoms with Crippen LogP contribution in [0.25, 0.3) is 77.4 Å². The molecule has 0 aliphatic rings. The van der Waals surface area contributed by atoms with Gasteiger partial charge in [0, 0.05) is 10.8 Å². The van der Waals surface area contributed by atoms with E-state index in [9.17, 15) is 9.59 Å². The zero-order chi connectivity index (χ0) is 28.2. The van der Waals surface area contributed by atoms with Gasteiger partial charge in [-0.3, -0.25) is 0 Å². The van der Waals surface area contributed by atoms with Crippen molar-refractivity contribution < 1.29 is 8.83 Å². The number of aromatic nitrogens is 2. The number of hydrogen-bond acceptors (Lipinski definition) is 6. The summed E-state index contributed by atoms with van der Waals surface area (Å²) in [6.45, 7) is 0. The van der Waals surface area contributed by atoms with E-state index in [2.05, 4.69) is 0 Å². The monoisotopic (exact) mass is 544 g/mol. The van der Waals surface area contributed by atoms with Crippen LogP contribution < -0.4 is 11.3 Å². The molecule has 0 aliphatic carbocycles. The highest BCUT2D eigenvalue weighted by atomic mass is 16.4. The summed E-state index contributed by atoms with van der Waals surface area (Å²) in [6.07, 6.45) is 0. The van der Waals surface area contributed by atoms with E-state index in [1.54, 1.807) is 12.1 Å². The molecule has 8 rings (SSSR count). The lowest BCUT2D eigenvalue weighted by Gasteiger charge is -2.08. The minimum absolute atomic E-state index is 0.360. The average molecular weight is 545 g/mol. The van der Waals surface area contributed by atoms with Gasteiger partial charge in [0.05, 0.1) is 33.9 Å². The van der Waals surface area contributed by atoms with Crippen molar-refractivity contribution in [3.8, 4) is 33.9 Å². The summed E-state index contributed by atoms with van der Waals surface area (Å²) >= 11 is 0. The number of rotatable bonds is 3. The molecule has 0 fully saturated rings. The summed E-state index contributed by atoms with van der Waals surface area (Å²) in [5, 5.41) is 5.77. The van der Waals surface area contributed by atoms with Crippen molar-refractivity contribution in [2.24, 2.45) is 0 Å². The van der Waals surface area contributed by atoms with Gasteiger partial charge in [-0.25, -0.2) is 19.6 Å². The first-order valence-electron chi connectivity index (χ1n) is 13.5. The van der Waals surface area contributed by atoms with Crippen LogP contribution >= 0.6 is 0 Å². The minimum Gasteiger partial charge on any atom is -0.422 e. The Labute approximate surface area is 238 Å². The largest absolute Gasteiger partial charge is 0.422 e. The second-order valence-electron chi connectivity index (χ2n) is 10.1. The number of hydrogen-bond donors (Lipinski definition) is 0. The highest BCUT2D eigenvalue weighted by molar-refractivity contribution is 6.07. The van der Waals surface area contributed by atoms with Gasteiger partial charge in [0.2, 0.25) is 0 Å². The smallest absolute Gasteiger partial charge is 0.345 e. The van der Waals surface area contributed by atoms with E-state index in [1.165, 1.54) is 0 Å². The molecule has 0 unspecified atom stereocenters. The van der Waals surface area contributed by atoms with E-state index in [1.807, 2.05) is 109 Å². The van der Waals surface area contributed by atoms with Crippen LogP contribution in [0.2, 0.25) is 0 Å². The maximum Gasteiger partial charge on any atom is 0.345 e. The molecule has 0 amide bonds. The third kappa shape index (κ3) is 3.89. The van der Waals surface area contributed by atoms with Crippen LogP contribution in [0.1, 0.15) is 0 Å². The molecule has 42 heavy (non-hydrogen) atoms. The molecule has 0 spiro atoms. The molecule has 6 heteroatoms. The molecule has 4 heterocycles. The molecule has 4 aromatic heterocycles. The van der Waals surface area contributed by atoms with E-state index in [4.69, 9.17) is 18.8 Å². The lowest BCUT2D eigenvalue weighted by Crippen LogP contribution is -2.05. The SMILES string of the molecule is O=c1oc2ccc3ccccc3c2cc1-c1cccc(-c2cccc(-c3cc4c(ccc5ccccc54)oc3=O)n2)n1. The van der Waals surface area contributed by atoms with Crippen molar-refractivity contribution in [2.75, 3.05) is 0 Å². The molecule has 8 aromatic rings. The van der Waals surface area contributed by atoms with Gasteiger partial charge in [-0.05, 0) is 70.1 Å². The number of benzene rings is 4. The van der Waals surface area contributed by atoms with Crippen LogP contribution in [0.15, 0.2) is 140 Å². The Balaban J connectivity index is 1.25. The van der Waals surface area contributed by atoms with Crippen molar-refractivity contribution in [1.82, 2.24) is 9.97 Å². The normalized spacial score (nSPS) is 11.5. The van der Waals surface area contributed by atoms with Gasteiger partial charge in [-0.2, -0.15) is 0 Å². The van der Waals surface area contributed by atoms with Crippen molar-refractivity contribution in [3.63, 3.8) is 0 Å². The molecule has 0 aliphatic heterocycles. The minimum atomic E-state index is -0.467. The zero-order valence-electron chi connectivity index (χ0n) is 22.1. The van der Waals surface area contributed by atoms with Crippen molar-refractivity contribution in [1.29, 1.82) is 0 Å². The maximum absolute atomic E-state index is 13.0. The third-order valence-electron chi connectivity index (χ3n) is 7.60. The van der Waals surface area contributed by atoms with Gasteiger partial charge in [-0.1, -0.05) is 72.8 Å². The quantitative estimate of drug-likeness (QED) is 0.165. The average Bonchev–Trinajstić information content (AvgIpc) is 3.04. The maximum atomic E-state index is 13.0. The Morgan fingerprint density at radius 1 is 0.405 bits per heavy atom. The van der Waals surface area contributed by atoms with E-state index < -0.39 is 11.3 Å². The highest BCUT2D eigenvalue weighted by Crippen LogP contribution is 2.30. The fourth-order valence-corrected chi connectivity index (χ4v) is 5.55. The molecule has 0 saturated heterocycles. The Kier molecular flexibility index (Phi) is 5.34. The molecular weight excluding hydrogens is 524 g/mol. The fraction of sp³-hybridized carbons (Fsp3) is 0. The molecule has 0 radical (unpaired) electrons. The standard InChI is InChI=1S/C36H20N2O4/c39-35-27(19-25-23-9-3-1-7-21(23)15-17-33(25)41-35)29-11-5-13-31(37-29)32-14-6-12-30(38-32)28-20-26-24-10-4-2-8-22(24)16-18-34(26)42-36(28)40/h1-20H. The summed E-state index contributed by atoms with van der Waals surface area (Å²) in [6, 6.07) is 38.0. The Hall–Kier alpha value is -5.88. The van der Waals surface area contributed by atoms with E-state index in [0.29, 0.717) is 45.1 Å². The number of pyridine rings is 2. The van der Waals surface area contributed by atoms with Gasteiger partial charge in [0.15, 0.2) is 0 Å². The topological polar surface area (TPSA) is 86.2 Å². The molecule has 6 nitrogen and oxygen atoms in total. The van der Waals surface area contributed by atoms with Gasteiger partial charge < -0.3 is 8.83 Å². The molecule has 0 saturated carbocycles. The first kappa shape index (κ1) is 24.0. The molecule has 0 atom stereocenters. The van der Waals surface area contributed by atoms with Crippen molar-refractivity contribution in [3.05, 3.63) is 142 Å². The second kappa shape index (κ2) is 9.35. The third-order valence-corrected chi connectivity index (χ3v) is 7.60. The van der Waals surface area contributed by atoms with E-state index in [0.717, 1.165) is 32.3 Å². The van der Waals surface area contributed by atoms with Crippen LogP contribution in [0.3, 0.4) is 0 Å². The second-order valence-corrected chi connectivity index (χ2v) is 10.1. The zero-order valence-corrected chi connectivity index (χ0v) is 22.1. The summed E-state index contributed by atoms with van der Waals surface area (Å²) in [7, 11) is 0. The van der Waals surface area contributed by atoms with Crippen LogP contribution in [0.4, 0.5) is 0 Å². The summed E-state index contributed by atoms with van der Waals surface area (Å²) in [4.78, 5) is 35.6. The molecule has 0 N–H and O–H groups in total. The van der Waals surface area contributed by atoms with Crippen LogP contribution in [-0.4, -0.2) is 9.97 Å². The predicted octanol–water partition coefficient (Wildman–Crippen LogP) is 8.00. The highest BCUT2D eigenvalue weighted by Gasteiger charge is 2.15. The number of nitrogens with zero attached hydrogens (tertiary/aromatic N) is 2. The predicted molar refractivity (Wildman–Crippen MR) is 165 cm³/mol. The van der Waals surface area contributed by atoms with Gasteiger partial charge in [0.1, 0.15) is 11.2 Å². The van der Waals surface area contributed by atoms with Gasteiger partial charge >= 0.3 is 11.3 Å². The Morgan fingerprint density at radius 3 is 1.31 bits per heavy atom.